The van der Waals surface area contributed by atoms with Gasteiger partial charge in [-0.25, -0.2) is 4.79 Å². The van der Waals surface area contributed by atoms with E-state index in [9.17, 15) is 4.79 Å². The normalized spacial score (nSPS) is 14.9. The number of para-hydroxylation sites is 1. The van der Waals surface area contributed by atoms with Crippen LogP contribution in [-0.4, -0.2) is 0 Å². The highest BCUT2D eigenvalue weighted by molar-refractivity contribution is 14.1. The second-order valence-corrected chi connectivity index (χ2v) is 8.64. The molecule has 0 amide bonds. The molecule has 3 nitrogen and oxygen atoms in total. The Morgan fingerprint density at radius 3 is 2.37 bits per heavy atom. The van der Waals surface area contributed by atoms with Gasteiger partial charge in [0.1, 0.15) is 5.58 Å². The van der Waals surface area contributed by atoms with Crippen molar-refractivity contribution in [2.75, 3.05) is 5.32 Å². The van der Waals surface area contributed by atoms with E-state index in [1.54, 1.807) is 0 Å². The van der Waals surface area contributed by atoms with Gasteiger partial charge in [0.05, 0.1) is 11.6 Å². The quantitative estimate of drug-likeness (QED) is 0.205. The predicted molar refractivity (Wildman–Crippen MR) is 130 cm³/mol. The van der Waals surface area contributed by atoms with Crippen molar-refractivity contribution in [1.82, 2.24) is 0 Å². The summed E-state index contributed by atoms with van der Waals surface area (Å²) < 4.78 is 6.89. The van der Waals surface area contributed by atoms with Gasteiger partial charge in [0.25, 0.3) is 0 Å². The third-order valence-electron chi connectivity index (χ3n) is 5.83. The third-order valence-corrected chi connectivity index (χ3v) is 6.81. The molecular weight excluding hydrogens is 485 g/mol. The van der Waals surface area contributed by atoms with E-state index in [-0.39, 0.29) is 11.7 Å². The lowest BCUT2D eigenvalue weighted by Gasteiger charge is -2.31. The van der Waals surface area contributed by atoms with E-state index < -0.39 is 0 Å². The van der Waals surface area contributed by atoms with Gasteiger partial charge < -0.3 is 9.73 Å². The molecule has 0 radical (unpaired) electrons. The second kappa shape index (κ2) is 6.71. The zero-order valence-electron chi connectivity index (χ0n) is 15.9. The molecule has 0 fully saturated rings. The number of rotatable bonds is 1. The van der Waals surface area contributed by atoms with Crippen LogP contribution in [0.25, 0.3) is 32.9 Å². The first-order valence-electron chi connectivity index (χ1n) is 9.81. The van der Waals surface area contributed by atoms with Crippen LogP contribution >= 0.6 is 22.6 Å². The monoisotopic (exact) mass is 501 g/mol. The fourth-order valence-corrected chi connectivity index (χ4v) is 5.23. The van der Waals surface area contributed by atoms with Gasteiger partial charge in [-0.1, -0.05) is 66.7 Å². The van der Waals surface area contributed by atoms with Crippen molar-refractivity contribution in [1.29, 1.82) is 0 Å². The molecule has 0 saturated carbocycles. The smallest absolute Gasteiger partial charge is 0.342 e. The molecule has 2 heterocycles. The molecule has 1 aliphatic heterocycles. The predicted octanol–water partition coefficient (Wildman–Crippen LogP) is 6.73. The molecular formula is C26H16INO2. The molecule has 1 N–H and O–H groups in total. The van der Waals surface area contributed by atoms with Crippen molar-refractivity contribution in [3.8, 4) is 11.1 Å². The fraction of sp³-hybridized carbons (Fsp3) is 0.0385. The number of anilines is 1. The van der Waals surface area contributed by atoms with Crippen molar-refractivity contribution in [3.63, 3.8) is 0 Å². The fourth-order valence-electron chi connectivity index (χ4n) is 4.53. The molecule has 144 valence electrons. The van der Waals surface area contributed by atoms with Crippen LogP contribution in [0.15, 0.2) is 94.1 Å². The number of halogens is 1. The van der Waals surface area contributed by atoms with Crippen LogP contribution in [0.3, 0.4) is 0 Å². The Bertz CT molecular complexity index is 1520. The molecule has 0 saturated heterocycles. The Balaban J connectivity index is 1.80. The lowest BCUT2D eigenvalue weighted by atomic mass is 9.83. The SMILES string of the molecule is O=c1oc2ccccc2c2c1[C@@H](c1ccccc1I)Nc1ccc3ccccc3c1-2. The number of fused-ring (bicyclic) bond motifs is 7. The molecule has 4 heteroatoms. The zero-order chi connectivity index (χ0) is 20.2. The molecule has 1 aromatic heterocycles. The Hall–Kier alpha value is -3.12. The maximum atomic E-state index is 13.3. The molecule has 1 aliphatic rings. The molecule has 0 spiro atoms. The Morgan fingerprint density at radius 2 is 1.50 bits per heavy atom. The van der Waals surface area contributed by atoms with Crippen LogP contribution in [0.2, 0.25) is 0 Å². The molecule has 4 aromatic carbocycles. The molecule has 0 unspecified atom stereocenters. The van der Waals surface area contributed by atoms with Gasteiger partial charge in [0.2, 0.25) is 0 Å². The number of nitrogens with one attached hydrogen (secondary N) is 1. The van der Waals surface area contributed by atoms with Crippen molar-refractivity contribution in [3.05, 3.63) is 110 Å². The van der Waals surface area contributed by atoms with Crippen molar-refractivity contribution in [2.24, 2.45) is 0 Å². The first-order valence-corrected chi connectivity index (χ1v) is 10.9. The van der Waals surface area contributed by atoms with Gasteiger partial charge in [-0.3, -0.25) is 0 Å². The van der Waals surface area contributed by atoms with Gasteiger partial charge in [0.15, 0.2) is 0 Å². The summed E-state index contributed by atoms with van der Waals surface area (Å²) >= 11 is 2.33. The van der Waals surface area contributed by atoms with E-state index in [2.05, 4.69) is 64.3 Å². The van der Waals surface area contributed by atoms with Crippen LogP contribution in [-0.2, 0) is 0 Å². The molecule has 1 atom stereocenters. The van der Waals surface area contributed by atoms with E-state index in [1.165, 1.54) is 0 Å². The lowest BCUT2D eigenvalue weighted by Crippen LogP contribution is -2.26. The van der Waals surface area contributed by atoms with E-state index in [0.29, 0.717) is 11.1 Å². The molecule has 0 aliphatic carbocycles. The highest BCUT2D eigenvalue weighted by Crippen LogP contribution is 2.48. The minimum absolute atomic E-state index is 0.275. The molecule has 6 rings (SSSR count). The Kier molecular flexibility index (Phi) is 3.96. The maximum Gasteiger partial charge on any atom is 0.342 e. The van der Waals surface area contributed by atoms with Gasteiger partial charge in [-0.2, -0.15) is 0 Å². The van der Waals surface area contributed by atoms with Gasteiger partial charge in [-0.05, 0) is 57.1 Å². The number of hydrogen-bond acceptors (Lipinski definition) is 3. The topological polar surface area (TPSA) is 42.2 Å². The van der Waals surface area contributed by atoms with Gasteiger partial charge >= 0.3 is 5.63 Å². The van der Waals surface area contributed by atoms with Crippen molar-refractivity contribution < 1.29 is 4.42 Å². The minimum Gasteiger partial charge on any atom is -0.422 e. The van der Waals surface area contributed by atoms with Crippen LogP contribution in [0.1, 0.15) is 17.2 Å². The largest absolute Gasteiger partial charge is 0.422 e. The Morgan fingerprint density at radius 1 is 0.767 bits per heavy atom. The van der Waals surface area contributed by atoms with Crippen LogP contribution < -0.4 is 10.9 Å². The summed E-state index contributed by atoms with van der Waals surface area (Å²) in [5.74, 6) is 0. The van der Waals surface area contributed by atoms with Gasteiger partial charge in [0, 0.05) is 25.8 Å². The van der Waals surface area contributed by atoms with Crippen molar-refractivity contribution in [2.45, 2.75) is 6.04 Å². The molecule has 30 heavy (non-hydrogen) atoms. The first-order chi connectivity index (χ1) is 14.7. The first kappa shape index (κ1) is 17.7. The van der Waals surface area contributed by atoms with E-state index in [0.717, 1.165) is 42.1 Å². The number of benzene rings is 4. The highest BCUT2D eigenvalue weighted by Gasteiger charge is 2.32. The minimum atomic E-state index is -0.292. The molecule has 5 aromatic rings. The summed E-state index contributed by atoms with van der Waals surface area (Å²) in [5, 5.41) is 6.88. The summed E-state index contributed by atoms with van der Waals surface area (Å²) in [6.07, 6.45) is 0. The average molecular weight is 501 g/mol. The summed E-state index contributed by atoms with van der Waals surface area (Å²) in [5.41, 5.74) is 5.12. The van der Waals surface area contributed by atoms with E-state index >= 15 is 0 Å². The zero-order valence-corrected chi connectivity index (χ0v) is 18.0. The Labute approximate surface area is 186 Å². The second-order valence-electron chi connectivity index (χ2n) is 7.48. The van der Waals surface area contributed by atoms with Crippen LogP contribution in [0, 0.1) is 3.57 Å². The summed E-state index contributed by atoms with van der Waals surface area (Å²) in [7, 11) is 0. The average Bonchev–Trinajstić information content (AvgIpc) is 2.78. The maximum absolute atomic E-state index is 13.3. The van der Waals surface area contributed by atoms with Crippen molar-refractivity contribution >= 4 is 50.0 Å². The standard InChI is InChI=1S/C26H16INO2/c27-19-11-5-3-9-17(19)25-24-23(18-10-4-6-12-21(18)30-26(24)29)22-16-8-2-1-7-15(16)13-14-20(22)28-25/h1-14,25,28H/t25-/m1/s1. The summed E-state index contributed by atoms with van der Waals surface area (Å²) in [6, 6.07) is 28.3. The van der Waals surface area contributed by atoms with Crippen LogP contribution in [0.5, 0.6) is 0 Å². The number of hydrogen-bond donors (Lipinski definition) is 1. The molecule has 0 bridgehead atoms. The lowest BCUT2D eigenvalue weighted by molar-refractivity contribution is 0.547. The summed E-state index contributed by atoms with van der Waals surface area (Å²) in [4.78, 5) is 13.3. The van der Waals surface area contributed by atoms with Crippen LogP contribution in [0.4, 0.5) is 5.69 Å². The third kappa shape index (κ3) is 2.53. The summed E-state index contributed by atoms with van der Waals surface area (Å²) in [6.45, 7) is 0. The van der Waals surface area contributed by atoms with E-state index in [1.807, 2.05) is 48.5 Å². The highest BCUT2D eigenvalue weighted by atomic mass is 127. The van der Waals surface area contributed by atoms with Gasteiger partial charge in [-0.15, -0.1) is 0 Å². The van der Waals surface area contributed by atoms with E-state index in [4.69, 9.17) is 4.42 Å².